The number of aliphatic hydroxyl groups is 1. The van der Waals surface area contributed by atoms with Gasteiger partial charge in [0.25, 0.3) is 0 Å². The van der Waals surface area contributed by atoms with Crippen molar-refractivity contribution in [3.63, 3.8) is 0 Å². The summed E-state index contributed by atoms with van der Waals surface area (Å²) in [4.78, 5) is 59.0. The Hall–Kier alpha value is -3.55. The Balaban J connectivity index is 2.10. The first-order valence-electron chi connectivity index (χ1n) is 11.9. The fraction of sp³-hybridized carbons (Fsp3) is 0.560. The molecular formula is C25H33NO12. The molecule has 0 bridgehead atoms. The SMILES string of the molecule is CC(=O)N[C@H]1[C@H](OCC[C@H](O)COC(=O)c2ccccc2)O[C@H](COC(C)=O)[C@@H](OC(C)=O)[C@@H]1OC(C)=O. The summed E-state index contributed by atoms with van der Waals surface area (Å²) < 4.78 is 32.4. The van der Waals surface area contributed by atoms with Crippen LogP contribution in [0.15, 0.2) is 30.3 Å². The van der Waals surface area contributed by atoms with E-state index in [1.165, 1.54) is 13.8 Å². The number of nitrogens with one attached hydrogen (secondary N) is 1. The summed E-state index contributed by atoms with van der Waals surface area (Å²) >= 11 is 0. The minimum absolute atomic E-state index is 0.00887. The molecular weight excluding hydrogens is 506 g/mol. The maximum atomic E-state index is 12.1. The quantitative estimate of drug-likeness (QED) is 0.275. The van der Waals surface area contributed by atoms with Gasteiger partial charge in [0.05, 0.1) is 18.3 Å². The number of carbonyl (C=O) groups excluding carboxylic acids is 5. The molecule has 0 spiro atoms. The van der Waals surface area contributed by atoms with Gasteiger partial charge in [-0.3, -0.25) is 19.2 Å². The van der Waals surface area contributed by atoms with Gasteiger partial charge in [-0.1, -0.05) is 18.2 Å². The summed E-state index contributed by atoms with van der Waals surface area (Å²) in [7, 11) is 0. The maximum Gasteiger partial charge on any atom is 0.338 e. The number of ether oxygens (including phenoxy) is 6. The molecule has 1 fully saturated rings. The zero-order valence-corrected chi connectivity index (χ0v) is 21.6. The lowest BCUT2D eigenvalue weighted by Gasteiger charge is -2.45. The minimum Gasteiger partial charge on any atom is -0.463 e. The third-order valence-electron chi connectivity index (χ3n) is 5.22. The molecule has 13 nitrogen and oxygen atoms in total. The molecule has 1 aliphatic heterocycles. The van der Waals surface area contributed by atoms with Gasteiger partial charge in [0, 0.05) is 34.1 Å². The van der Waals surface area contributed by atoms with Crippen molar-refractivity contribution < 1.29 is 57.5 Å². The summed E-state index contributed by atoms with van der Waals surface area (Å²) in [6.45, 7) is 3.87. The van der Waals surface area contributed by atoms with Crippen LogP contribution < -0.4 is 5.32 Å². The van der Waals surface area contributed by atoms with Gasteiger partial charge < -0.3 is 38.8 Å². The van der Waals surface area contributed by atoms with Crippen LogP contribution in [0, 0.1) is 0 Å². The van der Waals surface area contributed by atoms with E-state index in [-0.39, 0.29) is 26.2 Å². The number of aliphatic hydroxyl groups excluding tert-OH is 1. The second-order valence-corrected chi connectivity index (χ2v) is 8.50. The van der Waals surface area contributed by atoms with Crippen molar-refractivity contribution >= 4 is 29.8 Å². The van der Waals surface area contributed by atoms with Gasteiger partial charge in [-0.15, -0.1) is 0 Å². The fourth-order valence-corrected chi connectivity index (χ4v) is 3.67. The Morgan fingerprint density at radius 1 is 0.921 bits per heavy atom. The van der Waals surface area contributed by atoms with Gasteiger partial charge in [0.15, 0.2) is 18.5 Å². The van der Waals surface area contributed by atoms with Crippen LogP contribution in [0.25, 0.3) is 0 Å². The summed E-state index contributed by atoms with van der Waals surface area (Å²) in [5, 5.41) is 12.8. The van der Waals surface area contributed by atoms with Crippen LogP contribution in [-0.4, -0.2) is 91.5 Å². The standard InChI is InChI=1S/C25H33NO12/c1-14(27)26-21-23(37-17(4)30)22(36-16(3)29)20(13-34-15(2)28)38-25(21)33-11-10-19(31)12-35-24(32)18-8-6-5-7-9-18/h5-9,19-23,25,31H,10-13H2,1-4H3,(H,26,27)/t19-,20+,21+,22+,23+,25+/m0/s1. The van der Waals surface area contributed by atoms with Crippen LogP contribution in [0.2, 0.25) is 0 Å². The molecule has 0 aliphatic carbocycles. The molecule has 13 heteroatoms. The zero-order valence-electron chi connectivity index (χ0n) is 21.6. The summed E-state index contributed by atoms with van der Waals surface area (Å²) in [5.74, 6) is -3.20. The monoisotopic (exact) mass is 539 g/mol. The van der Waals surface area contributed by atoms with Crippen LogP contribution in [0.5, 0.6) is 0 Å². The van der Waals surface area contributed by atoms with E-state index in [0.717, 1.165) is 13.8 Å². The molecule has 1 heterocycles. The van der Waals surface area contributed by atoms with Crippen LogP contribution in [0.1, 0.15) is 44.5 Å². The molecule has 1 saturated heterocycles. The molecule has 2 rings (SSSR count). The predicted octanol–water partition coefficient (Wildman–Crippen LogP) is 0.267. The Labute approximate surface area is 219 Å². The highest BCUT2D eigenvalue weighted by atomic mass is 16.7. The second-order valence-electron chi connectivity index (χ2n) is 8.50. The summed E-state index contributed by atoms with van der Waals surface area (Å²) in [5.41, 5.74) is 0.336. The smallest absolute Gasteiger partial charge is 0.338 e. The molecule has 1 aliphatic rings. The van der Waals surface area contributed by atoms with E-state index in [0.29, 0.717) is 5.56 Å². The number of amides is 1. The maximum absolute atomic E-state index is 12.1. The van der Waals surface area contributed by atoms with Gasteiger partial charge in [-0.05, 0) is 12.1 Å². The fourth-order valence-electron chi connectivity index (χ4n) is 3.67. The minimum atomic E-state index is -1.25. The van der Waals surface area contributed by atoms with Crippen LogP contribution >= 0.6 is 0 Å². The number of hydrogen-bond acceptors (Lipinski definition) is 12. The molecule has 38 heavy (non-hydrogen) atoms. The molecule has 1 aromatic carbocycles. The van der Waals surface area contributed by atoms with Crippen molar-refractivity contribution in [3.05, 3.63) is 35.9 Å². The lowest BCUT2D eigenvalue weighted by atomic mass is 9.96. The highest BCUT2D eigenvalue weighted by Crippen LogP contribution is 2.28. The molecule has 2 N–H and O–H groups in total. The Morgan fingerprint density at radius 2 is 1.55 bits per heavy atom. The highest BCUT2D eigenvalue weighted by Gasteiger charge is 2.51. The molecule has 6 atom stereocenters. The molecule has 0 aromatic heterocycles. The third-order valence-corrected chi connectivity index (χ3v) is 5.22. The topological polar surface area (TPSA) is 173 Å². The van der Waals surface area contributed by atoms with Crippen LogP contribution in [-0.2, 0) is 47.6 Å². The van der Waals surface area contributed by atoms with Crippen molar-refractivity contribution in [2.75, 3.05) is 19.8 Å². The van der Waals surface area contributed by atoms with Gasteiger partial charge in [-0.2, -0.15) is 0 Å². The van der Waals surface area contributed by atoms with Crippen molar-refractivity contribution in [1.82, 2.24) is 5.32 Å². The molecule has 1 aromatic rings. The van der Waals surface area contributed by atoms with Crippen molar-refractivity contribution in [2.45, 2.75) is 70.9 Å². The number of carbonyl (C=O) groups is 5. The van der Waals surface area contributed by atoms with E-state index < -0.39 is 66.5 Å². The zero-order chi connectivity index (χ0) is 28.2. The van der Waals surface area contributed by atoms with Crippen molar-refractivity contribution in [2.24, 2.45) is 0 Å². The average molecular weight is 540 g/mol. The van der Waals surface area contributed by atoms with Crippen LogP contribution in [0.3, 0.4) is 0 Å². The first kappa shape index (κ1) is 30.7. The van der Waals surface area contributed by atoms with E-state index >= 15 is 0 Å². The summed E-state index contributed by atoms with van der Waals surface area (Å²) in [6.07, 6.45) is -5.93. The van der Waals surface area contributed by atoms with Crippen molar-refractivity contribution in [3.8, 4) is 0 Å². The Bertz CT molecular complexity index is 968. The number of hydrogen-bond donors (Lipinski definition) is 2. The first-order chi connectivity index (χ1) is 18.0. The average Bonchev–Trinajstić information content (AvgIpc) is 2.84. The first-order valence-corrected chi connectivity index (χ1v) is 11.9. The lowest BCUT2D eigenvalue weighted by Crippen LogP contribution is -2.66. The molecule has 0 unspecified atom stereocenters. The molecule has 0 radical (unpaired) electrons. The second kappa shape index (κ2) is 15.0. The number of rotatable bonds is 12. The molecule has 0 saturated carbocycles. The number of esters is 4. The van der Waals surface area contributed by atoms with Crippen LogP contribution in [0.4, 0.5) is 0 Å². The normalized spacial score (nSPS) is 23.4. The molecule has 210 valence electrons. The van der Waals surface area contributed by atoms with E-state index in [4.69, 9.17) is 28.4 Å². The number of benzene rings is 1. The van der Waals surface area contributed by atoms with Gasteiger partial charge >= 0.3 is 23.9 Å². The molecule has 1 amide bonds. The largest absolute Gasteiger partial charge is 0.463 e. The highest BCUT2D eigenvalue weighted by molar-refractivity contribution is 5.89. The van der Waals surface area contributed by atoms with Crippen molar-refractivity contribution in [1.29, 1.82) is 0 Å². The van der Waals surface area contributed by atoms with Gasteiger partial charge in [0.2, 0.25) is 5.91 Å². The van der Waals surface area contributed by atoms with E-state index in [2.05, 4.69) is 5.32 Å². The van der Waals surface area contributed by atoms with E-state index in [1.807, 2.05) is 0 Å². The van der Waals surface area contributed by atoms with Gasteiger partial charge in [0.1, 0.15) is 25.4 Å². The Kier molecular flexibility index (Phi) is 12.1. The third kappa shape index (κ3) is 10.1. The lowest BCUT2D eigenvalue weighted by molar-refractivity contribution is -0.278. The predicted molar refractivity (Wildman–Crippen MR) is 127 cm³/mol. The Morgan fingerprint density at radius 3 is 2.13 bits per heavy atom. The van der Waals surface area contributed by atoms with E-state index in [1.54, 1.807) is 30.3 Å². The van der Waals surface area contributed by atoms with E-state index in [9.17, 15) is 29.1 Å². The summed E-state index contributed by atoms with van der Waals surface area (Å²) in [6, 6.07) is 7.15. The van der Waals surface area contributed by atoms with Gasteiger partial charge in [-0.25, -0.2) is 4.79 Å².